The number of benzene rings is 2. The maximum atomic E-state index is 13.3. The molecule has 2 heterocycles. The molecule has 0 aliphatic carbocycles. The van der Waals surface area contributed by atoms with Crippen LogP contribution in [0.15, 0.2) is 42.5 Å². The third kappa shape index (κ3) is 2.68. The number of hydrogen-bond acceptors (Lipinski definition) is 3. The summed E-state index contributed by atoms with van der Waals surface area (Å²) in [6.45, 7) is 3.98. The van der Waals surface area contributed by atoms with E-state index in [0.29, 0.717) is 10.7 Å². The number of fused-ring (bicyclic) bond motifs is 1. The number of aryl methyl sites for hydroxylation is 2. The molecule has 5 nitrogen and oxygen atoms in total. The molecule has 2 unspecified atom stereocenters. The lowest BCUT2D eigenvalue weighted by Crippen LogP contribution is -2.38. The van der Waals surface area contributed by atoms with Crippen molar-refractivity contribution in [3.8, 4) is 0 Å². The summed E-state index contributed by atoms with van der Waals surface area (Å²) >= 11 is 6.31. The van der Waals surface area contributed by atoms with Gasteiger partial charge in [-0.3, -0.25) is 9.80 Å². The second kappa shape index (κ2) is 5.99. The highest BCUT2D eigenvalue weighted by molar-refractivity contribution is 7.91. The number of anilines is 2. The highest BCUT2D eigenvalue weighted by Gasteiger charge is 2.54. The number of urea groups is 1. The maximum Gasteiger partial charge on any atom is 0.329 e. The Bertz CT molecular complexity index is 1010. The molecule has 2 aromatic rings. The maximum absolute atomic E-state index is 13.3. The van der Waals surface area contributed by atoms with E-state index >= 15 is 0 Å². The number of halogens is 1. The first kappa shape index (κ1) is 17.4. The fourth-order valence-corrected chi connectivity index (χ4v) is 5.96. The second-order valence-electron chi connectivity index (χ2n) is 6.95. The molecule has 0 radical (unpaired) electrons. The number of rotatable bonds is 2. The van der Waals surface area contributed by atoms with Crippen LogP contribution in [-0.2, 0) is 9.84 Å². The Balaban J connectivity index is 1.84. The first-order valence-corrected chi connectivity index (χ1v) is 10.6. The van der Waals surface area contributed by atoms with Crippen molar-refractivity contribution in [2.24, 2.45) is 0 Å². The number of hydrogen-bond donors (Lipinski definition) is 0. The van der Waals surface area contributed by atoms with E-state index in [1.807, 2.05) is 32.0 Å². The molecule has 0 N–H and O–H groups in total. The summed E-state index contributed by atoms with van der Waals surface area (Å²) in [5, 5.41) is 0.436. The molecule has 2 fully saturated rings. The van der Waals surface area contributed by atoms with Gasteiger partial charge in [-0.15, -0.1) is 0 Å². The molecular weight excluding hydrogens is 372 g/mol. The lowest BCUT2D eigenvalue weighted by atomic mass is 10.1. The monoisotopic (exact) mass is 390 g/mol. The molecule has 2 atom stereocenters. The van der Waals surface area contributed by atoms with Crippen LogP contribution in [0.5, 0.6) is 0 Å². The fourth-order valence-electron chi connectivity index (χ4n) is 3.81. The average molecular weight is 391 g/mol. The summed E-state index contributed by atoms with van der Waals surface area (Å²) in [4.78, 5) is 16.4. The van der Waals surface area contributed by atoms with E-state index in [1.165, 1.54) is 0 Å². The molecule has 4 rings (SSSR count). The van der Waals surface area contributed by atoms with Gasteiger partial charge >= 0.3 is 6.03 Å². The highest BCUT2D eigenvalue weighted by atomic mass is 35.5. The molecule has 0 aromatic heterocycles. The van der Waals surface area contributed by atoms with E-state index in [-0.39, 0.29) is 17.5 Å². The molecule has 0 saturated carbocycles. The van der Waals surface area contributed by atoms with Gasteiger partial charge in [0.2, 0.25) is 0 Å². The molecule has 2 aliphatic heterocycles. The number of sulfone groups is 1. The molecule has 2 aliphatic rings. The van der Waals surface area contributed by atoms with E-state index in [4.69, 9.17) is 11.6 Å². The molecule has 2 saturated heterocycles. The number of carbonyl (C=O) groups excluding carboxylic acids is 1. The van der Waals surface area contributed by atoms with Crippen molar-refractivity contribution in [1.82, 2.24) is 0 Å². The summed E-state index contributed by atoms with van der Waals surface area (Å²) in [5.41, 5.74) is 3.46. The van der Waals surface area contributed by atoms with Crippen molar-refractivity contribution in [1.29, 1.82) is 0 Å². The van der Waals surface area contributed by atoms with Crippen molar-refractivity contribution in [2.75, 3.05) is 21.3 Å². The van der Waals surface area contributed by atoms with E-state index < -0.39 is 21.9 Å². The Morgan fingerprint density at radius 1 is 0.962 bits per heavy atom. The van der Waals surface area contributed by atoms with Gasteiger partial charge in [-0.1, -0.05) is 29.8 Å². The third-order valence-electron chi connectivity index (χ3n) is 5.25. The quantitative estimate of drug-likeness (QED) is 0.736. The summed E-state index contributed by atoms with van der Waals surface area (Å²) in [5.74, 6) is -0.0761. The summed E-state index contributed by atoms with van der Waals surface area (Å²) in [7, 11) is -3.22. The molecule has 26 heavy (non-hydrogen) atoms. The summed E-state index contributed by atoms with van der Waals surface area (Å²) < 4.78 is 24.6. The first-order chi connectivity index (χ1) is 12.3. The second-order valence-corrected chi connectivity index (χ2v) is 9.52. The Labute approximate surface area is 158 Å². The Morgan fingerprint density at radius 3 is 2.27 bits per heavy atom. The number of amides is 2. The van der Waals surface area contributed by atoms with Crippen LogP contribution < -0.4 is 9.80 Å². The van der Waals surface area contributed by atoms with Gasteiger partial charge in [0.1, 0.15) is 0 Å². The largest absolute Gasteiger partial charge is 0.329 e. The molecule has 2 aromatic carbocycles. The van der Waals surface area contributed by atoms with Gasteiger partial charge in [0.15, 0.2) is 9.84 Å². The van der Waals surface area contributed by atoms with Gasteiger partial charge in [-0.25, -0.2) is 13.2 Å². The van der Waals surface area contributed by atoms with Crippen molar-refractivity contribution in [3.63, 3.8) is 0 Å². The van der Waals surface area contributed by atoms with Crippen LogP contribution >= 0.6 is 11.6 Å². The van der Waals surface area contributed by atoms with Crippen LogP contribution in [0.25, 0.3) is 0 Å². The molecule has 0 bridgehead atoms. The van der Waals surface area contributed by atoms with Gasteiger partial charge in [-0.05, 0) is 49.2 Å². The molecule has 2 amide bonds. The summed E-state index contributed by atoms with van der Waals surface area (Å²) in [6.07, 6.45) is 0. The first-order valence-electron chi connectivity index (χ1n) is 8.43. The molecule has 7 heteroatoms. The molecule has 0 spiro atoms. The lowest BCUT2D eigenvalue weighted by molar-refractivity contribution is 0.255. The zero-order chi connectivity index (χ0) is 18.6. The van der Waals surface area contributed by atoms with Crippen LogP contribution in [0.4, 0.5) is 16.2 Å². The fraction of sp³-hybridized carbons (Fsp3) is 0.316. The van der Waals surface area contributed by atoms with Crippen molar-refractivity contribution < 1.29 is 13.2 Å². The van der Waals surface area contributed by atoms with Gasteiger partial charge in [0, 0.05) is 5.69 Å². The Morgan fingerprint density at radius 2 is 1.62 bits per heavy atom. The van der Waals surface area contributed by atoms with E-state index in [0.717, 1.165) is 16.8 Å². The van der Waals surface area contributed by atoms with Gasteiger partial charge in [0.05, 0.1) is 34.3 Å². The molecule has 136 valence electrons. The van der Waals surface area contributed by atoms with Gasteiger partial charge in [0.25, 0.3) is 0 Å². The number of para-hydroxylation sites is 1. The Hall–Kier alpha value is -2.05. The van der Waals surface area contributed by atoms with Crippen molar-refractivity contribution in [3.05, 3.63) is 58.6 Å². The SMILES string of the molecule is Cc1ccc(N2C(=O)N(c3ccccc3Cl)C3CS(=O)(=O)CC32)cc1C. The van der Waals surface area contributed by atoms with Crippen molar-refractivity contribution >= 4 is 38.8 Å². The van der Waals surface area contributed by atoms with E-state index in [9.17, 15) is 13.2 Å². The predicted molar refractivity (Wildman–Crippen MR) is 104 cm³/mol. The summed E-state index contributed by atoms with van der Waals surface area (Å²) in [6, 6.07) is 11.7. The number of carbonyl (C=O) groups is 1. The van der Waals surface area contributed by atoms with E-state index in [1.54, 1.807) is 34.1 Å². The van der Waals surface area contributed by atoms with Gasteiger partial charge in [-0.2, -0.15) is 0 Å². The zero-order valence-electron chi connectivity index (χ0n) is 14.5. The minimum Gasteiger partial charge on any atom is -0.288 e. The average Bonchev–Trinajstić information content (AvgIpc) is 3.00. The van der Waals surface area contributed by atoms with Crippen LogP contribution in [-0.4, -0.2) is 38.0 Å². The van der Waals surface area contributed by atoms with Crippen molar-refractivity contribution in [2.45, 2.75) is 25.9 Å². The van der Waals surface area contributed by atoms with Crippen LogP contribution in [0, 0.1) is 13.8 Å². The lowest BCUT2D eigenvalue weighted by Gasteiger charge is -2.23. The van der Waals surface area contributed by atoms with E-state index in [2.05, 4.69) is 0 Å². The third-order valence-corrected chi connectivity index (χ3v) is 7.27. The number of nitrogens with zero attached hydrogens (tertiary/aromatic N) is 2. The van der Waals surface area contributed by atoms with Crippen LogP contribution in [0.2, 0.25) is 5.02 Å². The predicted octanol–water partition coefficient (Wildman–Crippen LogP) is 3.57. The Kier molecular flexibility index (Phi) is 4.00. The normalized spacial score (nSPS) is 24.2. The minimum absolute atomic E-state index is 0.0305. The smallest absolute Gasteiger partial charge is 0.288 e. The highest BCUT2D eigenvalue weighted by Crippen LogP contribution is 2.40. The topological polar surface area (TPSA) is 57.7 Å². The standard InChI is InChI=1S/C19H19ClN2O3S/c1-12-7-8-14(9-13(12)2)21-17-10-26(24,25)11-18(17)22(19(21)23)16-6-4-3-5-15(16)20/h3-9,17-18H,10-11H2,1-2H3. The minimum atomic E-state index is -3.22. The van der Waals surface area contributed by atoms with Crippen LogP contribution in [0.3, 0.4) is 0 Å². The molecular formula is C19H19ClN2O3S. The zero-order valence-corrected chi connectivity index (χ0v) is 16.1. The van der Waals surface area contributed by atoms with Gasteiger partial charge < -0.3 is 0 Å². The van der Waals surface area contributed by atoms with Crippen LogP contribution in [0.1, 0.15) is 11.1 Å².